The van der Waals surface area contributed by atoms with Crippen LogP contribution < -0.4 is 0 Å². The Morgan fingerprint density at radius 2 is 0.488 bits per heavy atom. The van der Waals surface area contributed by atoms with Crippen LogP contribution >= 0.6 is 31.9 Å². The molecule has 8 nitrogen and oxygen atoms in total. The molecular formula is C74H144Br2N2O6. The van der Waals surface area contributed by atoms with E-state index in [0.717, 1.165) is 140 Å². The van der Waals surface area contributed by atoms with E-state index in [0.29, 0.717) is 62.5 Å². The molecule has 84 heavy (non-hydrogen) atoms. The second kappa shape index (κ2) is 70.9. The molecule has 2 atom stereocenters. The molecule has 0 fully saturated rings. The number of ether oxygens (including phenoxy) is 2. The number of nitrogens with zero attached hydrogens (tertiary/aromatic N) is 2. The van der Waals surface area contributed by atoms with E-state index in [1.165, 1.54) is 218 Å². The van der Waals surface area contributed by atoms with Gasteiger partial charge in [0.25, 0.3) is 0 Å². The predicted molar refractivity (Wildman–Crippen MR) is 373 cm³/mol. The third kappa shape index (κ3) is 62.4. The van der Waals surface area contributed by atoms with Gasteiger partial charge in [0.05, 0.1) is 13.2 Å². The average Bonchev–Trinajstić information content (AvgIpc) is 3.50. The minimum absolute atomic E-state index is 0.00325. The average molecular weight is 1320 g/mol. The third-order valence-electron chi connectivity index (χ3n) is 17.3. The van der Waals surface area contributed by atoms with Crippen molar-refractivity contribution in [2.75, 3.05) is 50.1 Å². The summed E-state index contributed by atoms with van der Waals surface area (Å²) in [6.07, 6.45) is 63.1. The van der Waals surface area contributed by atoms with Gasteiger partial charge in [0.1, 0.15) is 0 Å². The first-order valence-corrected chi connectivity index (χ1v) is 39.4. The van der Waals surface area contributed by atoms with Crippen molar-refractivity contribution in [3.63, 3.8) is 0 Å². The van der Waals surface area contributed by atoms with E-state index in [2.05, 4.69) is 83.2 Å². The molecule has 0 heterocycles. The van der Waals surface area contributed by atoms with Gasteiger partial charge in [0.2, 0.25) is 11.8 Å². The summed E-state index contributed by atoms with van der Waals surface area (Å²) in [6, 6.07) is 0. The Morgan fingerprint density at radius 3 is 0.774 bits per heavy atom. The summed E-state index contributed by atoms with van der Waals surface area (Å²) in [5.74, 6) is 1.78. The highest BCUT2D eigenvalue weighted by Crippen LogP contribution is 2.23. The Kier molecular flexibility index (Phi) is 71.7. The molecule has 0 N–H and O–H groups in total. The highest BCUT2D eigenvalue weighted by molar-refractivity contribution is 9.09. The summed E-state index contributed by atoms with van der Waals surface area (Å²) in [7, 11) is 0. The van der Waals surface area contributed by atoms with Crippen LogP contribution in [0.1, 0.15) is 388 Å². The van der Waals surface area contributed by atoms with Crippen LogP contribution in [-0.4, -0.2) is 83.6 Å². The topological polar surface area (TPSA) is 93.2 Å². The molecular weight excluding hydrogens is 1170 g/mol. The van der Waals surface area contributed by atoms with E-state index < -0.39 is 0 Å². The predicted octanol–water partition coefficient (Wildman–Crippen LogP) is 23.9. The number of unbranched alkanes of at least 4 members (excludes halogenated alkanes) is 36. The van der Waals surface area contributed by atoms with Gasteiger partial charge in [0.15, 0.2) is 0 Å². The smallest absolute Gasteiger partial charge is 0.305 e. The monoisotopic (exact) mass is 1310 g/mol. The van der Waals surface area contributed by atoms with Gasteiger partial charge in [-0.2, -0.15) is 0 Å². The van der Waals surface area contributed by atoms with Crippen molar-refractivity contribution in [1.82, 2.24) is 9.80 Å². The van der Waals surface area contributed by atoms with Gasteiger partial charge in [-0.05, 0) is 102 Å². The first-order chi connectivity index (χ1) is 41.2. The zero-order valence-corrected chi connectivity index (χ0v) is 60.3. The Labute approximate surface area is 541 Å². The highest BCUT2D eigenvalue weighted by atomic mass is 79.9. The zero-order valence-electron chi connectivity index (χ0n) is 57.1. The fraction of sp³-hybridized carbons (Fsp3) is 0.946. The Hall–Kier alpha value is -1.16. The largest absolute Gasteiger partial charge is 0.465 e. The molecule has 0 aromatic rings. The van der Waals surface area contributed by atoms with E-state index in [1.54, 1.807) is 0 Å². The normalized spacial score (nSPS) is 12.0. The van der Waals surface area contributed by atoms with Gasteiger partial charge in [-0.15, -0.1) is 0 Å². The molecule has 500 valence electrons. The van der Waals surface area contributed by atoms with Crippen molar-refractivity contribution in [3.05, 3.63) is 0 Å². The van der Waals surface area contributed by atoms with Crippen molar-refractivity contribution in [2.45, 2.75) is 388 Å². The number of halogens is 2. The van der Waals surface area contributed by atoms with Crippen molar-refractivity contribution >= 4 is 55.6 Å². The standard InChI is InChI=1S/2C37H72BrNO3/c2*1-4-7-10-13-15-21-28-35(27-20-11-8-5-2)34-42-37(41)30-23-16-14-19-26-33-39(32-25-12-9-6-3)36(40)29-22-17-18-24-31-38/h2*35H,4-34H2,1-3H3. The van der Waals surface area contributed by atoms with Gasteiger partial charge in [-0.1, -0.05) is 305 Å². The van der Waals surface area contributed by atoms with Crippen molar-refractivity contribution < 1.29 is 28.7 Å². The molecule has 0 aromatic heterocycles. The summed E-state index contributed by atoms with van der Waals surface area (Å²) >= 11 is 6.99. The van der Waals surface area contributed by atoms with Gasteiger partial charge in [0, 0.05) is 62.5 Å². The minimum Gasteiger partial charge on any atom is -0.465 e. The SMILES string of the molecule is CCCCCCCCC(CCCCCC)COC(=O)CCCCCCCN(CCCCCC)C(=O)CCCCCCBr.CCCCCCCCC(CCCCCC)COC(=O)CCCCCCCN(CCCCCC)C(=O)CCCCCCBr. The number of carbonyl (C=O) groups excluding carboxylic acids is 4. The maximum absolute atomic E-state index is 12.9. The molecule has 0 aromatic carbocycles. The van der Waals surface area contributed by atoms with Crippen LogP contribution in [0.25, 0.3) is 0 Å². The molecule has 0 saturated carbocycles. The molecule has 10 heteroatoms. The molecule has 0 spiro atoms. The van der Waals surface area contributed by atoms with E-state index in [1.807, 2.05) is 0 Å². The first-order valence-electron chi connectivity index (χ1n) is 37.2. The van der Waals surface area contributed by atoms with Crippen molar-refractivity contribution in [3.8, 4) is 0 Å². The highest BCUT2D eigenvalue weighted by Gasteiger charge is 2.17. The van der Waals surface area contributed by atoms with Gasteiger partial charge in [-0.25, -0.2) is 0 Å². The van der Waals surface area contributed by atoms with Gasteiger partial charge < -0.3 is 19.3 Å². The quantitative estimate of drug-likeness (QED) is 0.0342. The second-order valence-corrected chi connectivity index (χ2v) is 27.1. The molecule has 0 rings (SSSR count). The maximum Gasteiger partial charge on any atom is 0.305 e. The second-order valence-electron chi connectivity index (χ2n) is 25.5. The summed E-state index contributed by atoms with van der Waals surface area (Å²) < 4.78 is 11.5. The summed E-state index contributed by atoms with van der Waals surface area (Å²) in [4.78, 5) is 54.9. The number of hydrogen-bond acceptors (Lipinski definition) is 6. The minimum atomic E-state index is -0.00325. The number of amides is 2. The number of alkyl halides is 2. The molecule has 0 aliphatic heterocycles. The van der Waals surface area contributed by atoms with E-state index in [-0.39, 0.29) is 11.9 Å². The van der Waals surface area contributed by atoms with Crippen molar-refractivity contribution in [1.29, 1.82) is 0 Å². The summed E-state index contributed by atoms with van der Waals surface area (Å²) in [5.41, 5.74) is 0. The first kappa shape index (κ1) is 84.9. The molecule has 0 aliphatic rings. The Morgan fingerprint density at radius 1 is 0.274 bits per heavy atom. The van der Waals surface area contributed by atoms with Crippen LogP contribution in [-0.2, 0) is 28.7 Å². The van der Waals surface area contributed by atoms with Crippen molar-refractivity contribution in [2.24, 2.45) is 11.8 Å². The zero-order chi connectivity index (χ0) is 61.9. The number of esters is 2. The van der Waals surface area contributed by atoms with E-state index in [9.17, 15) is 19.2 Å². The molecule has 2 unspecified atom stereocenters. The van der Waals surface area contributed by atoms with Gasteiger partial charge in [-0.3, -0.25) is 19.2 Å². The lowest BCUT2D eigenvalue weighted by molar-refractivity contribution is -0.146. The summed E-state index contributed by atoms with van der Waals surface area (Å²) in [5, 5.41) is 2.12. The van der Waals surface area contributed by atoms with Crippen LogP contribution in [0.15, 0.2) is 0 Å². The Bertz CT molecular complexity index is 1270. The van der Waals surface area contributed by atoms with Crippen LogP contribution in [0.5, 0.6) is 0 Å². The van der Waals surface area contributed by atoms with Crippen LogP contribution in [0.3, 0.4) is 0 Å². The lowest BCUT2D eigenvalue weighted by Gasteiger charge is -2.23. The number of carbonyl (C=O) groups is 4. The fourth-order valence-electron chi connectivity index (χ4n) is 11.5. The summed E-state index contributed by atoms with van der Waals surface area (Å²) in [6.45, 7) is 18.4. The van der Waals surface area contributed by atoms with E-state index in [4.69, 9.17) is 9.47 Å². The van der Waals surface area contributed by atoms with Crippen LogP contribution in [0.4, 0.5) is 0 Å². The number of hydrogen-bond donors (Lipinski definition) is 0. The fourth-order valence-corrected chi connectivity index (χ4v) is 12.3. The molecule has 0 saturated heterocycles. The molecule has 0 radical (unpaired) electrons. The molecule has 0 bridgehead atoms. The molecule has 2 amide bonds. The lowest BCUT2D eigenvalue weighted by Crippen LogP contribution is -2.32. The van der Waals surface area contributed by atoms with Gasteiger partial charge >= 0.3 is 11.9 Å². The van der Waals surface area contributed by atoms with E-state index >= 15 is 0 Å². The van der Waals surface area contributed by atoms with Crippen LogP contribution in [0, 0.1) is 11.8 Å². The Balaban J connectivity index is 0. The lowest BCUT2D eigenvalue weighted by atomic mass is 9.95. The molecule has 0 aliphatic carbocycles. The maximum atomic E-state index is 12.9. The van der Waals surface area contributed by atoms with Crippen LogP contribution in [0.2, 0.25) is 0 Å². The number of rotatable bonds is 66. The third-order valence-corrected chi connectivity index (χ3v) is 18.4.